The van der Waals surface area contributed by atoms with E-state index in [0.29, 0.717) is 27.2 Å². The van der Waals surface area contributed by atoms with Gasteiger partial charge in [0.25, 0.3) is 5.91 Å². The van der Waals surface area contributed by atoms with Crippen LogP contribution in [-0.4, -0.2) is 25.3 Å². The SMILES string of the molecule is O=C(COC(=O)/C=C/c1ccc2c(c1)OCO2)Nc1cc(Cl)ccc1Cl. The number of hydrogen-bond donors (Lipinski definition) is 1. The molecule has 1 aliphatic heterocycles. The summed E-state index contributed by atoms with van der Waals surface area (Å²) in [5.74, 6) is 0.0772. The van der Waals surface area contributed by atoms with Crippen molar-refractivity contribution in [3.05, 3.63) is 58.1 Å². The van der Waals surface area contributed by atoms with Gasteiger partial charge in [-0.2, -0.15) is 0 Å². The van der Waals surface area contributed by atoms with Gasteiger partial charge < -0.3 is 19.5 Å². The Labute approximate surface area is 159 Å². The van der Waals surface area contributed by atoms with Crippen LogP contribution >= 0.6 is 23.2 Å². The zero-order valence-electron chi connectivity index (χ0n) is 13.3. The van der Waals surface area contributed by atoms with E-state index in [0.717, 1.165) is 5.56 Å². The quantitative estimate of drug-likeness (QED) is 0.615. The third kappa shape index (κ3) is 4.68. The highest BCUT2D eigenvalue weighted by molar-refractivity contribution is 6.35. The van der Waals surface area contributed by atoms with Crippen LogP contribution < -0.4 is 14.8 Å². The van der Waals surface area contributed by atoms with Crippen molar-refractivity contribution >= 4 is 46.8 Å². The summed E-state index contributed by atoms with van der Waals surface area (Å²) in [5.41, 5.74) is 1.08. The van der Waals surface area contributed by atoms with Gasteiger partial charge in [-0.15, -0.1) is 0 Å². The van der Waals surface area contributed by atoms with Gasteiger partial charge in [0, 0.05) is 11.1 Å². The van der Waals surface area contributed by atoms with Gasteiger partial charge in [-0.25, -0.2) is 4.79 Å². The van der Waals surface area contributed by atoms with Crippen LogP contribution in [0.3, 0.4) is 0 Å². The van der Waals surface area contributed by atoms with Crippen molar-refractivity contribution in [3.8, 4) is 11.5 Å². The third-order valence-corrected chi connectivity index (χ3v) is 3.92. The molecule has 6 nitrogen and oxygen atoms in total. The molecule has 1 aliphatic rings. The Morgan fingerprint density at radius 1 is 1.12 bits per heavy atom. The highest BCUT2D eigenvalue weighted by atomic mass is 35.5. The molecule has 0 saturated heterocycles. The lowest BCUT2D eigenvalue weighted by Crippen LogP contribution is -2.20. The van der Waals surface area contributed by atoms with Gasteiger partial charge in [-0.05, 0) is 42.0 Å². The monoisotopic (exact) mass is 393 g/mol. The lowest BCUT2D eigenvalue weighted by atomic mass is 10.2. The van der Waals surface area contributed by atoms with Gasteiger partial charge >= 0.3 is 5.97 Å². The van der Waals surface area contributed by atoms with Crippen LogP contribution in [0.5, 0.6) is 11.5 Å². The van der Waals surface area contributed by atoms with E-state index in [9.17, 15) is 9.59 Å². The molecule has 8 heteroatoms. The zero-order valence-corrected chi connectivity index (χ0v) is 14.8. The van der Waals surface area contributed by atoms with Crippen molar-refractivity contribution in [1.29, 1.82) is 0 Å². The maximum atomic E-state index is 11.8. The Bertz CT molecular complexity index is 882. The van der Waals surface area contributed by atoms with Gasteiger partial charge in [0.15, 0.2) is 18.1 Å². The van der Waals surface area contributed by atoms with Crippen LogP contribution in [0.25, 0.3) is 6.08 Å². The molecule has 1 N–H and O–H groups in total. The Balaban J connectivity index is 1.50. The van der Waals surface area contributed by atoms with Crippen molar-refractivity contribution in [2.45, 2.75) is 0 Å². The molecule has 0 bridgehead atoms. The molecular formula is C18H13Cl2NO5. The molecule has 1 heterocycles. The minimum absolute atomic E-state index is 0.177. The Morgan fingerprint density at radius 3 is 2.77 bits per heavy atom. The largest absolute Gasteiger partial charge is 0.454 e. The second-order valence-corrected chi connectivity index (χ2v) is 6.07. The first-order valence-corrected chi connectivity index (χ1v) is 8.26. The summed E-state index contributed by atoms with van der Waals surface area (Å²) in [7, 11) is 0. The molecule has 0 aromatic heterocycles. The number of anilines is 1. The van der Waals surface area contributed by atoms with E-state index < -0.39 is 18.5 Å². The van der Waals surface area contributed by atoms with E-state index in [1.54, 1.807) is 36.4 Å². The highest BCUT2D eigenvalue weighted by Crippen LogP contribution is 2.32. The van der Waals surface area contributed by atoms with Gasteiger partial charge in [0.2, 0.25) is 6.79 Å². The number of ether oxygens (including phenoxy) is 3. The Hall–Kier alpha value is -2.70. The summed E-state index contributed by atoms with van der Waals surface area (Å²) in [6.07, 6.45) is 2.77. The number of esters is 1. The molecule has 0 unspecified atom stereocenters. The first-order valence-electron chi connectivity index (χ1n) is 7.50. The molecule has 3 rings (SSSR count). The van der Waals surface area contributed by atoms with Crippen molar-refractivity contribution in [1.82, 2.24) is 0 Å². The number of benzene rings is 2. The van der Waals surface area contributed by atoms with Crippen LogP contribution in [-0.2, 0) is 14.3 Å². The number of nitrogens with one attached hydrogen (secondary N) is 1. The molecular weight excluding hydrogens is 381 g/mol. The fourth-order valence-electron chi connectivity index (χ4n) is 2.15. The molecule has 0 fully saturated rings. The molecule has 26 heavy (non-hydrogen) atoms. The van der Waals surface area contributed by atoms with Crippen molar-refractivity contribution in [3.63, 3.8) is 0 Å². The van der Waals surface area contributed by atoms with Gasteiger partial charge in [-0.3, -0.25) is 4.79 Å². The first-order chi connectivity index (χ1) is 12.5. The first kappa shape index (κ1) is 18.1. The zero-order chi connectivity index (χ0) is 18.5. The second-order valence-electron chi connectivity index (χ2n) is 5.23. The van der Waals surface area contributed by atoms with E-state index in [4.69, 9.17) is 37.4 Å². The molecule has 2 aromatic rings. The fourth-order valence-corrected chi connectivity index (χ4v) is 2.48. The molecule has 2 aromatic carbocycles. The van der Waals surface area contributed by atoms with E-state index in [1.165, 1.54) is 12.1 Å². The summed E-state index contributed by atoms with van der Waals surface area (Å²) in [6.45, 7) is -0.274. The normalized spacial score (nSPS) is 12.2. The number of fused-ring (bicyclic) bond motifs is 1. The van der Waals surface area contributed by atoms with Crippen molar-refractivity contribution < 1.29 is 23.8 Å². The third-order valence-electron chi connectivity index (χ3n) is 3.36. The van der Waals surface area contributed by atoms with Crippen LogP contribution in [0, 0.1) is 0 Å². The number of hydrogen-bond acceptors (Lipinski definition) is 5. The maximum Gasteiger partial charge on any atom is 0.331 e. The summed E-state index contributed by atoms with van der Waals surface area (Å²) < 4.78 is 15.4. The predicted molar refractivity (Wildman–Crippen MR) is 97.6 cm³/mol. The van der Waals surface area contributed by atoms with Crippen molar-refractivity contribution in [2.75, 3.05) is 18.7 Å². The second kappa shape index (κ2) is 8.12. The average Bonchev–Trinajstić information content (AvgIpc) is 3.09. The average molecular weight is 394 g/mol. The minimum Gasteiger partial charge on any atom is -0.454 e. The van der Waals surface area contributed by atoms with E-state index >= 15 is 0 Å². The summed E-state index contributed by atoms with van der Waals surface area (Å²) in [6, 6.07) is 9.91. The molecule has 134 valence electrons. The highest BCUT2D eigenvalue weighted by Gasteiger charge is 2.12. The topological polar surface area (TPSA) is 73.9 Å². The van der Waals surface area contributed by atoms with Crippen LogP contribution in [0.1, 0.15) is 5.56 Å². The van der Waals surface area contributed by atoms with Crippen LogP contribution in [0.15, 0.2) is 42.5 Å². The van der Waals surface area contributed by atoms with E-state index in [1.807, 2.05) is 0 Å². The number of carbonyl (C=O) groups excluding carboxylic acids is 2. The molecule has 0 radical (unpaired) electrons. The summed E-state index contributed by atoms with van der Waals surface area (Å²) >= 11 is 11.8. The minimum atomic E-state index is -0.657. The Kier molecular flexibility index (Phi) is 5.65. The lowest BCUT2D eigenvalue weighted by molar-refractivity contribution is -0.142. The van der Waals surface area contributed by atoms with Crippen LogP contribution in [0.2, 0.25) is 10.0 Å². The number of rotatable bonds is 5. The number of carbonyl (C=O) groups is 2. The number of halogens is 2. The maximum absolute atomic E-state index is 11.8. The van der Waals surface area contributed by atoms with Gasteiger partial charge in [0.05, 0.1) is 10.7 Å². The molecule has 0 aliphatic carbocycles. The van der Waals surface area contributed by atoms with E-state index in [-0.39, 0.29) is 6.79 Å². The molecule has 0 atom stereocenters. The van der Waals surface area contributed by atoms with E-state index in [2.05, 4.69) is 5.32 Å². The van der Waals surface area contributed by atoms with Crippen LogP contribution in [0.4, 0.5) is 5.69 Å². The molecule has 0 spiro atoms. The van der Waals surface area contributed by atoms with Gasteiger partial charge in [0.1, 0.15) is 0 Å². The van der Waals surface area contributed by atoms with Crippen molar-refractivity contribution in [2.24, 2.45) is 0 Å². The smallest absolute Gasteiger partial charge is 0.331 e. The fraction of sp³-hybridized carbons (Fsp3) is 0.111. The predicted octanol–water partition coefficient (Wildman–Crippen LogP) is 3.92. The lowest BCUT2D eigenvalue weighted by Gasteiger charge is -2.07. The van der Waals surface area contributed by atoms with Gasteiger partial charge in [-0.1, -0.05) is 29.3 Å². The Morgan fingerprint density at radius 2 is 1.92 bits per heavy atom. The number of amides is 1. The summed E-state index contributed by atoms with van der Waals surface area (Å²) in [5, 5.41) is 3.28. The summed E-state index contributed by atoms with van der Waals surface area (Å²) in [4.78, 5) is 23.6. The molecule has 0 saturated carbocycles. The molecule has 1 amide bonds. The standard InChI is InChI=1S/C18H13Cl2NO5/c19-12-3-4-13(20)14(8-12)21-17(22)9-24-18(23)6-2-11-1-5-15-16(7-11)26-10-25-15/h1-8H,9-10H2,(H,21,22)/b6-2+.